The van der Waals surface area contributed by atoms with E-state index >= 15 is 0 Å². The maximum Gasteiger partial charge on any atom is 0.343 e. The van der Waals surface area contributed by atoms with Gasteiger partial charge in [0.05, 0.1) is 0 Å². The van der Waals surface area contributed by atoms with Gasteiger partial charge in [-0.3, -0.25) is 4.99 Å². The van der Waals surface area contributed by atoms with Gasteiger partial charge in [0.2, 0.25) is 0 Å². The van der Waals surface area contributed by atoms with Gasteiger partial charge in [0.15, 0.2) is 0 Å². The number of urea groups is 1. The second-order valence-electron chi connectivity index (χ2n) is 7.70. The summed E-state index contributed by atoms with van der Waals surface area (Å²) in [6.07, 6.45) is 10.1. The van der Waals surface area contributed by atoms with E-state index < -0.39 is 0 Å². The monoisotopic (exact) mass is 339 g/mol. The Bertz CT molecular complexity index is 630. The van der Waals surface area contributed by atoms with Gasteiger partial charge in [-0.25, -0.2) is 9.79 Å². The molecule has 1 atom stereocenters. The Labute approximate surface area is 151 Å². The van der Waals surface area contributed by atoms with E-state index in [2.05, 4.69) is 47.2 Å². The molecule has 1 heterocycles. The van der Waals surface area contributed by atoms with Gasteiger partial charge in [-0.15, -0.1) is 0 Å². The normalized spacial score (nSPS) is 29.7. The second kappa shape index (κ2) is 7.94. The van der Waals surface area contributed by atoms with Crippen LogP contribution in [0.3, 0.4) is 0 Å². The molecular weight excluding hydrogens is 310 g/mol. The van der Waals surface area contributed by atoms with Crippen LogP contribution in [0, 0.1) is 5.92 Å². The summed E-state index contributed by atoms with van der Waals surface area (Å²) in [6, 6.07) is 10.9. The molecule has 1 aliphatic heterocycles. The first-order chi connectivity index (χ1) is 12.1. The van der Waals surface area contributed by atoms with E-state index in [1.165, 1.54) is 5.56 Å². The molecule has 0 spiro atoms. The second-order valence-corrected chi connectivity index (χ2v) is 7.70. The molecule has 0 N–H and O–H groups in total. The Morgan fingerprint density at radius 3 is 2.60 bits per heavy atom. The molecule has 0 aromatic heterocycles. The zero-order valence-electron chi connectivity index (χ0n) is 15.4. The molecule has 0 saturated heterocycles. The average molecular weight is 339 g/mol. The van der Waals surface area contributed by atoms with Crippen molar-refractivity contribution in [2.24, 2.45) is 15.9 Å². The zero-order chi connectivity index (χ0) is 17.7. The number of benzene rings is 1. The van der Waals surface area contributed by atoms with Gasteiger partial charge in [0.25, 0.3) is 0 Å². The lowest BCUT2D eigenvalue weighted by molar-refractivity contribution is 0.198. The Morgan fingerprint density at radius 1 is 1.24 bits per heavy atom. The van der Waals surface area contributed by atoms with Crippen LogP contribution >= 0.6 is 0 Å². The highest BCUT2D eigenvalue weighted by Gasteiger charge is 2.32. The fourth-order valence-electron chi connectivity index (χ4n) is 3.95. The van der Waals surface area contributed by atoms with Gasteiger partial charge < -0.3 is 4.90 Å². The molecule has 4 nitrogen and oxygen atoms in total. The summed E-state index contributed by atoms with van der Waals surface area (Å²) < 4.78 is 0. The summed E-state index contributed by atoms with van der Waals surface area (Å²) in [5.74, 6) is 0.419. The van der Waals surface area contributed by atoms with Crippen LogP contribution in [0.15, 0.2) is 40.3 Å². The molecule has 3 rings (SSSR count). The van der Waals surface area contributed by atoms with Gasteiger partial charge >= 0.3 is 6.03 Å². The lowest BCUT2D eigenvalue weighted by Crippen LogP contribution is -2.37. The first-order valence-corrected chi connectivity index (χ1v) is 9.43. The number of carbonyl (C=O) groups excluding carboxylic acids is 1. The van der Waals surface area contributed by atoms with E-state index in [-0.39, 0.29) is 17.5 Å². The van der Waals surface area contributed by atoms with Gasteiger partial charge in [0.1, 0.15) is 0 Å². The van der Waals surface area contributed by atoms with Crippen molar-refractivity contribution in [2.45, 2.75) is 56.9 Å². The van der Waals surface area contributed by atoms with E-state index in [1.54, 1.807) is 4.90 Å². The molecule has 25 heavy (non-hydrogen) atoms. The van der Waals surface area contributed by atoms with Crippen LogP contribution in [0.25, 0.3) is 0 Å². The summed E-state index contributed by atoms with van der Waals surface area (Å²) in [5.41, 5.74) is 1.69. The first kappa shape index (κ1) is 17.8. The SMILES string of the molecule is CN(C(=O)/N=C\C1CCC(C)(c2ccccc2)CC1)C1CC=NCC1. The average Bonchev–Trinajstić information content (AvgIpc) is 2.68. The lowest BCUT2D eigenvalue weighted by Gasteiger charge is -2.37. The molecule has 1 aliphatic carbocycles. The van der Waals surface area contributed by atoms with E-state index in [1.807, 2.05) is 19.5 Å². The predicted octanol–water partition coefficient (Wildman–Crippen LogP) is 4.49. The summed E-state index contributed by atoms with van der Waals surface area (Å²) in [7, 11) is 1.86. The minimum atomic E-state index is -0.114. The van der Waals surface area contributed by atoms with Crippen molar-refractivity contribution in [3.05, 3.63) is 35.9 Å². The Hall–Kier alpha value is -1.97. The third kappa shape index (κ3) is 4.36. The number of rotatable bonds is 3. The molecule has 2 aliphatic rings. The van der Waals surface area contributed by atoms with Gasteiger partial charge in [-0.05, 0) is 49.0 Å². The minimum absolute atomic E-state index is 0.114. The number of amides is 2. The maximum absolute atomic E-state index is 12.3. The van der Waals surface area contributed by atoms with Crippen LogP contribution in [-0.4, -0.2) is 43.0 Å². The molecule has 4 heteroatoms. The third-order valence-corrected chi connectivity index (χ3v) is 5.95. The van der Waals surface area contributed by atoms with Crippen LogP contribution < -0.4 is 0 Å². The number of aliphatic imine (C=N–C) groups is 2. The summed E-state index contributed by atoms with van der Waals surface area (Å²) in [4.78, 5) is 22.6. The fraction of sp³-hybridized carbons (Fsp3) is 0.571. The molecule has 1 aromatic carbocycles. The largest absolute Gasteiger partial charge is 0.343 e. The molecule has 1 saturated carbocycles. The highest BCUT2D eigenvalue weighted by molar-refractivity contribution is 5.84. The highest BCUT2D eigenvalue weighted by Crippen LogP contribution is 2.40. The summed E-state index contributed by atoms with van der Waals surface area (Å²) in [6.45, 7) is 3.17. The summed E-state index contributed by atoms with van der Waals surface area (Å²) >= 11 is 0. The first-order valence-electron chi connectivity index (χ1n) is 9.43. The van der Waals surface area contributed by atoms with Gasteiger partial charge in [-0.2, -0.15) is 0 Å². The van der Waals surface area contributed by atoms with Crippen molar-refractivity contribution in [3.63, 3.8) is 0 Å². The molecule has 0 bridgehead atoms. The third-order valence-electron chi connectivity index (χ3n) is 5.95. The van der Waals surface area contributed by atoms with E-state index in [0.717, 1.165) is 45.1 Å². The van der Waals surface area contributed by atoms with Crippen molar-refractivity contribution >= 4 is 18.5 Å². The van der Waals surface area contributed by atoms with Crippen molar-refractivity contribution in [1.82, 2.24) is 4.90 Å². The number of hydrogen-bond donors (Lipinski definition) is 0. The topological polar surface area (TPSA) is 45.0 Å². The van der Waals surface area contributed by atoms with Crippen LogP contribution in [0.2, 0.25) is 0 Å². The molecule has 2 amide bonds. The zero-order valence-corrected chi connectivity index (χ0v) is 15.4. The summed E-state index contributed by atoms with van der Waals surface area (Å²) in [5, 5.41) is 0. The minimum Gasteiger partial charge on any atom is -0.323 e. The maximum atomic E-state index is 12.3. The highest BCUT2D eigenvalue weighted by atomic mass is 16.2. The van der Waals surface area contributed by atoms with Crippen molar-refractivity contribution < 1.29 is 4.79 Å². The van der Waals surface area contributed by atoms with Gasteiger partial charge in [-0.1, -0.05) is 37.3 Å². The van der Waals surface area contributed by atoms with Crippen LogP contribution in [0.5, 0.6) is 0 Å². The number of carbonyl (C=O) groups is 1. The molecule has 1 unspecified atom stereocenters. The van der Waals surface area contributed by atoms with Crippen molar-refractivity contribution in [2.75, 3.05) is 13.6 Å². The van der Waals surface area contributed by atoms with Crippen LogP contribution in [0.1, 0.15) is 51.0 Å². The molecule has 1 fully saturated rings. The Balaban J connectivity index is 1.52. The van der Waals surface area contributed by atoms with Crippen molar-refractivity contribution in [1.29, 1.82) is 0 Å². The quantitative estimate of drug-likeness (QED) is 0.748. The number of nitrogens with zero attached hydrogens (tertiary/aromatic N) is 3. The van der Waals surface area contributed by atoms with Crippen LogP contribution in [-0.2, 0) is 5.41 Å². The van der Waals surface area contributed by atoms with E-state index in [4.69, 9.17) is 0 Å². The molecule has 0 radical (unpaired) electrons. The molecule has 1 aromatic rings. The molecule has 134 valence electrons. The molecular formula is C21H29N3O. The van der Waals surface area contributed by atoms with E-state index in [0.29, 0.717) is 5.92 Å². The lowest BCUT2D eigenvalue weighted by atomic mass is 9.68. The van der Waals surface area contributed by atoms with Crippen LogP contribution in [0.4, 0.5) is 4.79 Å². The van der Waals surface area contributed by atoms with Gasteiger partial charge in [0, 0.05) is 38.5 Å². The standard InChI is InChI=1S/C21H29N3O/c1-21(18-6-4-3-5-7-18)12-8-17(9-13-21)16-23-20(25)24(2)19-10-14-22-15-11-19/h3-7,14,16-17,19H,8-13,15H2,1-2H3/b23-16-. The Kier molecular flexibility index (Phi) is 5.67. The van der Waals surface area contributed by atoms with Crippen molar-refractivity contribution in [3.8, 4) is 0 Å². The Morgan fingerprint density at radius 2 is 1.96 bits per heavy atom. The number of hydrogen-bond acceptors (Lipinski definition) is 2. The van der Waals surface area contributed by atoms with E-state index in [9.17, 15) is 4.79 Å². The smallest absolute Gasteiger partial charge is 0.323 e. The predicted molar refractivity (Wildman–Crippen MR) is 104 cm³/mol. The fourth-order valence-corrected chi connectivity index (χ4v) is 3.95.